The number of nitrogens with one attached hydrogen (secondary N) is 1. The molecule has 0 radical (unpaired) electrons. The molecule has 0 amide bonds. The molecule has 0 aromatic heterocycles. The minimum absolute atomic E-state index is 0.0612. The summed E-state index contributed by atoms with van der Waals surface area (Å²) in [7, 11) is -1.09. The molecule has 1 rings (SSSR count). The smallest absolute Gasteiger partial charge is 0.147 e. The summed E-state index contributed by atoms with van der Waals surface area (Å²) >= 11 is 0. The number of hydrogen-bond donors (Lipinski definition) is 1. The molecule has 0 aliphatic carbocycles. The maximum absolute atomic E-state index is 13.2. The van der Waals surface area contributed by atoms with Crippen molar-refractivity contribution in [3.63, 3.8) is 0 Å². The van der Waals surface area contributed by atoms with E-state index in [0.717, 1.165) is 5.56 Å². The van der Waals surface area contributed by atoms with Crippen molar-refractivity contribution in [1.29, 1.82) is 0 Å². The zero-order valence-electron chi connectivity index (χ0n) is 11.0. The quantitative estimate of drug-likeness (QED) is 0.864. The average molecular weight is 273 g/mol. The molecule has 5 heteroatoms. The zero-order valence-corrected chi connectivity index (χ0v) is 11.8. The second kappa shape index (κ2) is 6.29. The molecular formula is C13H20FNO2S. The highest BCUT2D eigenvalue weighted by atomic mass is 32.2. The predicted octanol–water partition coefficient (Wildman–Crippen LogP) is 2.22. The van der Waals surface area contributed by atoms with Crippen molar-refractivity contribution in [3.8, 4) is 0 Å². The number of hydrogen-bond acceptors (Lipinski definition) is 3. The Morgan fingerprint density at radius 1 is 1.39 bits per heavy atom. The lowest BCUT2D eigenvalue weighted by atomic mass is 10.0. The molecule has 18 heavy (non-hydrogen) atoms. The molecule has 3 nitrogen and oxygen atoms in total. The number of halogens is 1. The van der Waals surface area contributed by atoms with Crippen molar-refractivity contribution >= 4 is 9.84 Å². The van der Waals surface area contributed by atoms with E-state index in [1.165, 1.54) is 12.3 Å². The molecule has 0 bridgehead atoms. The molecule has 0 aliphatic rings. The lowest BCUT2D eigenvalue weighted by molar-refractivity contribution is 0.533. The van der Waals surface area contributed by atoms with E-state index in [2.05, 4.69) is 5.32 Å². The summed E-state index contributed by atoms with van der Waals surface area (Å²) in [4.78, 5) is 0. The van der Waals surface area contributed by atoms with Crippen LogP contribution >= 0.6 is 0 Å². The van der Waals surface area contributed by atoms with Crippen LogP contribution in [0.5, 0.6) is 0 Å². The van der Waals surface area contributed by atoms with Crippen LogP contribution in [0.4, 0.5) is 4.39 Å². The minimum Gasteiger partial charge on any atom is -0.313 e. The summed E-state index contributed by atoms with van der Waals surface area (Å²) in [5, 5.41) is 3.13. The van der Waals surface area contributed by atoms with Gasteiger partial charge in [0.05, 0.1) is 0 Å². The summed E-state index contributed by atoms with van der Waals surface area (Å²) in [5.41, 5.74) is 1.60. The second-order valence-corrected chi connectivity index (χ2v) is 6.88. The number of rotatable bonds is 6. The molecule has 0 saturated carbocycles. The van der Waals surface area contributed by atoms with E-state index in [-0.39, 0.29) is 17.6 Å². The molecule has 1 aromatic carbocycles. The highest BCUT2D eigenvalue weighted by molar-refractivity contribution is 7.90. The van der Waals surface area contributed by atoms with Crippen LogP contribution in [0, 0.1) is 12.7 Å². The summed E-state index contributed by atoms with van der Waals surface area (Å²) in [5.74, 6) is -0.0320. The third-order valence-electron chi connectivity index (χ3n) is 2.94. The Hall–Kier alpha value is -0.940. The van der Waals surface area contributed by atoms with Crippen LogP contribution in [-0.2, 0) is 9.84 Å². The van der Waals surface area contributed by atoms with Crippen molar-refractivity contribution in [2.75, 3.05) is 19.1 Å². The summed E-state index contributed by atoms with van der Waals surface area (Å²) in [6, 6.07) is 5.05. The first-order valence-electron chi connectivity index (χ1n) is 5.94. The van der Waals surface area contributed by atoms with Crippen molar-refractivity contribution in [2.45, 2.75) is 25.8 Å². The molecule has 1 unspecified atom stereocenters. The summed E-state index contributed by atoms with van der Waals surface area (Å²) < 4.78 is 35.3. The Morgan fingerprint density at radius 2 is 2.06 bits per heavy atom. The van der Waals surface area contributed by atoms with Crippen LogP contribution in [0.15, 0.2) is 18.2 Å². The van der Waals surface area contributed by atoms with Gasteiger partial charge in [-0.3, -0.25) is 0 Å². The standard InChI is InChI=1S/C13H20FNO2S/c1-10-9-11(6-7-12(10)14)13(15-2)5-4-8-18(3,16)17/h6-7,9,13,15H,4-5,8H2,1-3H3. The van der Waals surface area contributed by atoms with Gasteiger partial charge in [0.15, 0.2) is 0 Å². The van der Waals surface area contributed by atoms with Gasteiger partial charge in [0.25, 0.3) is 0 Å². The van der Waals surface area contributed by atoms with Gasteiger partial charge < -0.3 is 5.32 Å². The average Bonchev–Trinajstić information content (AvgIpc) is 2.27. The Kier molecular flexibility index (Phi) is 5.28. The van der Waals surface area contributed by atoms with Crippen LogP contribution in [0.2, 0.25) is 0 Å². The van der Waals surface area contributed by atoms with Crippen LogP contribution in [0.25, 0.3) is 0 Å². The fourth-order valence-electron chi connectivity index (χ4n) is 1.91. The van der Waals surface area contributed by atoms with Gasteiger partial charge in [0, 0.05) is 18.1 Å². The van der Waals surface area contributed by atoms with Gasteiger partial charge in [-0.2, -0.15) is 0 Å². The molecule has 102 valence electrons. The number of benzene rings is 1. The summed E-state index contributed by atoms with van der Waals surface area (Å²) in [6.07, 6.45) is 2.55. The summed E-state index contributed by atoms with van der Waals surface area (Å²) in [6.45, 7) is 1.72. The molecular weight excluding hydrogens is 253 g/mol. The minimum atomic E-state index is -2.91. The molecule has 0 saturated heterocycles. The van der Waals surface area contributed by atoms with E-state index in [4.69, 9.17) is 0 Å². The van der Waals surface area contributed by atoms with Gasteiger partial charge in [-0.05, 0) is 44.0 Å². The normalized spacial score (nSPS) is 13.6. The van der Waals surface area contributed by atoms with E-state index < -0.39 is 9.84 Å². The Labute approximate surface area is 108 Å². The van der Waals surface area contributed by atoms with Gasteiger partial charge in [0.2, 0.25) is 0 Å². The van der Waals surface area contributed by atoms with Gasteiger partial charge in [-0.15, -0.1) is 0 Å². The molecule has 1 atom stereocenters. The Balaban J connectivity index is 2.68. The van der Waals surface area contributed by atoms with Crippen molar-refractivity contribution in [3.05, 3.63) is 35.1 Å². The molecule has 0 aliphatic heterocycles. The van der Waals surface area contributed by atoms with Gasteiger partial charge in [-0.25, -0.2) is 12.8 Å². The SMILES string of the molecule is CNC(CCCS(C)(=O)=O)c1ccc(F)c(C)c1. The van der Waals surface area contributed by atoms with Crippen LogP contribution in [0.3, 0.4) is 0 Å². The van der Waals surface area contributed by atoms with Crippen molar-refractivity contribution < 1.29 is 12.8 Å². The topological polar surface area (TPSA) is 46.2 Å². The van der Waals surface area contributed by atoms with Gasteiger partial charge in [-0.1, -0.05) is 12.1 Å². The molecule has 0 heterocycles. The fourth-order valence-corrected chi connectivity index (χ4v) is 2.60. The third-order valence-corrected chi connectivity index (χ3v) is 3.97. The predicted molar refractivity (Wildman–Crippen MR) is 71.9 cm³/mol. The zero-order chi connectivity index (χ0) is 13.8. The molecule has 1 N–H and O–H groups in total. The second-order valence-electron chi connectivity index (χ2n) is 4.62. The Morgan fingerprint density at radius 3 is 2.56 bits per heavy atom. The molecule has 0 fully saturated rings. The van der Waals surface area contributed by atoms with Gasteiger partial charge >= 0.3 is 0 Å². The van der Waals surface area contributed by atoms with E-state index in [9.17, 15) is 12.8 Å². The largest absolute Gasteiger partial charge is 0.313 e. The van der Waals surface area contributed by atoms with Crippen LogP contribution in [0.1, 0.15) is 30.0 Å². The Bertz CT molecular complexity index is 500. The molecule has 1 aromatic rings. The van der Waals surface area contributed by atoms with Crippen molar-refractivity contribution in [2.24, 2.45) is 0 Å². The first kappa shape index (κ1) is 15.1. The number of sulfone groups is 1. The van der Waals surface area contributed by atoms with Crippen molar-refractivity contribution in [1.82, 2.24) is 5.32 Å². The van der Waals surface area contributed by atoms with Crippen LogP contribution < -0.4 is 5.32 Å². The monoisotopic (exact) mass is 273 g/mol. The van der Waals surface area contributed by atoms with Gasteiger partial charge in [0.1, 0.15) is 15.7 Å². The first-order chi connectivity index (χ1) is 8.33. The van der Waals surface area contributed by atoms with Crippen LogP contribution in [-0.4, -0.2) is 27.5 Å². The highest BCUT2D eigenvalue weighted by Gasteiger charge is 2.12. The first-order valence-corrected chi connectivity index (χ1v) is 8.00. The van der Waals surface area contributed by atoms with E-state index >= 15 is 0 Å². The van der Waals surface area contributed by atoms with E-state index in [1.807, 2.05) is 7.05 Å². The third kappa shape index (κ3) is 4.74. The lowest BCUT2D eigenvalue weighted by Crippen LogP contribution is -2.18. The number of aryl methyl sites for hydroxylation is 1. The fraction of sp³-hybridized carbons (Fsp3) is 0.538. The maximum Gasteiger partial charge on any atom is 0.147 e. The lowest BCUT2D eigenvalue weighted by Gasteiger charge is -2.17. The highest BCUT2D eigenvalue weighted by Crippen LogP contribution is 2.20. The molecule has 0 spiro atoms. The van der Waals surface area contributed by atoms with E-state index in [0.29, 0.717) is 18.4 Å². The maximum atomic E-state index is 13.2. The van der Waals surface area contributed by atoms with E-state index in [1.54, 1.807) is 19.1 Å².